The normalized spacial score (nSPS) is 9.50. The maximum atomic E-state index is 11.0. The Bertz CT molecular complexity index is 309. The van der Waals surface area contributed by atoms with E-state index in [-0.39, 0.29) is 5.91 Å². The van der Waals surface area contributed by atoms with Crippen LogP contribution in [0, 0.1) is 6.92 Å². The van der Waals surface area contributed by atoms with Crippen molar-refractivity contribution >= 4 is 11.6 Å². The summed E-state index contributed by atoms with van der Waals surface area (Å²) < 4.78 is 0. The third-order valence-corrected chi connectivity index (χ3v) is 1.67. The first kappa shape index (κ1) is 8.55. The van der Waals surface area contributed by atoms with Crippen LogP contribution in [0.1, 0.15) is 15.9 Å². The van der Waals surface area contributed by atoms with Gasteiger partial charge in [0.15, 0.2) is 0 Å². The van der Waals surface area contributed by atoms with E-state index in [4.69, 9.17) is 11.6 Å². The van der Waals surface area contributed by atoms with Crippen molar-refractivity contribution in [1.29, 1.82) is 0 Å². The molecule has 0 heterocycles. The van der Waals surface area contributed by atoms with Crippen LogP contribution in [-0.2, 0) is 0 Å². The van der Waals surface area contributed by atoms with Crippen LogP contribution in [0.3, 0.4) is 0 Å². The number of anilines is 1. The van der Waals surface area contributed by atoms with Gasteiger partial charge in [-0.15, -0.1) is 0 Å². The molecule has 0 saturated carbocycles. The largest absolute Gasteiger partial charge is 0.398 e. The molecule has 0 saturated heterocycles. The summed E-state index contributed by atoms with van der Waals surface area (Å²) in [4.78, 5) is 11.0. The summed E-state index contributed by atoms with van der Waals surface area (Å²) in [5.41, 5.74) is 9.64. The number of carbonyl (C=O) groups excluding carboxylic acids is 1. The maximum absolute atomic E-state index is 11.0. The number of rotatable bonds is 1. The molecule has 1 aromatic rings. The molecule has 0 aliphatic heterocycles. The molecule has 0 aromatic heterocycles. The van der Waals surface area contributed by atoms with Gasteiger partial charge in [-0.2, -0.15) is 0 Å². The van der Waals surface area contributed by atoms with Crippen LogP contribution in [0.4, 0.5) is 5.69 Å². The van der Waals surface area contributed by atoms with Crippen LogP contribution < -0.4 is 17.0 Å². The number of hydrogen-bond acceptors (Lipinski definition) is 3. The van der Waals surface area contributed by atoms with E-state index >= 15 is 0 Å². The average molecular weight is 165 g/mol. The Hall–Kier alpha value is -1.55. The van der Waals surface area contributed by atoms with E-state index in [2.05, 4.69) is 0 Å². The van der Waals surface area contributed by atoms with Gasteiger partial charge < -0.3 is 5.73 Å². The fraction of sp³-hybridized carbons (Fsp3) is 0.125. The molecule has 0 spiro atoms. The summed E-state index contributed by atoms with van der Waals surface area (Å²) in [6, 6.07) is 5.05. The molecule has 0 bridgehead atoms. The van der Waals surface area contributed by atoms with Gasteiger partial charge in [0, 0.05) is 11.3 Å². The number of nitrogen functional groups attached to an aromatic ring is 2. The molecule has 0 aliphatic rings. The van der Waals surface area contributed by atoms with Gasteiger partial charge >= 0.3 is 0 Å². The van der Waals surface area contributed by atoms with E-state index in [1.807, 2.05) is 12.3 Å². The second-order valence-electron chi connectivity index (χ2n) is 2.54. The zero-order chi connectivity index (χ0) is 9.14. The smallest absolute Gasteiger partial charge is 0.265 e. The summed E-state index contributed by atoms with van der Waals surface area (Å²) in [5.74, 6) is 4.62. The summed E-state index contributed by atoms with van der Waals surface area (Å²) in [7, 11) is 0. The number of hydrazine groups is 1. The summed E-state index contributed by atoms with van der Waals surface area (Å²) >= 11 is 0. The molecule has 0 aliphatic carbocycles. The first-order valence-corrected chi connectivity index (χ1v) is 3.52. The molecule has 1 rings (SSSR count). The number of nitrogens with one attached hydrogen (secondary N) is 1. The third kappa shape index (κ3) is 1.54. The van der Waals surface area contributed by atoms with Crippen molar-refractivity contribution in [3.05, 3.63) is 29.3 Å². The molecule has 0 radical (unpaired) electrons. The van der Waals surface area contributed by atoms with Crippen molar-refractivity contribution in [2.75, 3.05) is 5.73 Å². The highest BCUT2D eigenvalue weighted by Gasteiger charge is 2.03. The highest BCUT2D eigenvalue weighted by molar-refractivity contribution is 5.94. The van der Waals surface area contributed by atoms with Gasteiger partial charge in [0.05, 0.1) is 0 Å². The highest BCUT2D eigenvalue weighted by Crippen LogP contribution is 2.12. The van der Waals surface area contributed by atoms with Crippen molar-refractivity contribution in [3.8, 4) is 0 Å². The van der Waals surface area contributed by atoms with E-state index in [1.54, 1.807) is 18.2 Å². The molecule has 5 N–H and O–H groups in total. The quantitative estimate of drug-likeness (QED) is 0.240. The number of amides is 1. The predicted molar refractivity (Wildman–Crippen MR) is 47.2 cm³/mol. The Morgan fingerprint density at radius 3 is 2.67 bits per heavy atom. The van der Waals surface area contributed by atoms with Gasteiger partial charge in [-0.3, -0.25) is 10.2 Å². The summed E-state index contributed by atoms with van der Waals surface area (Å²) in [6.45, 7) is 1.87. The van der Waals surface area contributed by atoms with E-state index in [1.165, 1.54) is 0 Å². The third-order valence-electron chi connectivity index (χ3n) is 1.67. The number of carbonyl (C=O) groups is 1. The Balaban J connectivity index is 3.05. The fourth-order valence-electron chi connectivity index (χ4n) is 0.865. The van der Waals surface area contributed by atoms with E-state index < -0.39 is 0 Å². The molecule has 4 heteroatoms. The standard InChI is InChI=1S/C8H11N3O/c1-5-2-3-6(4-7(5)9)8(12)11-10/h2-4H,9-10H2,1H3,(H,11,12). The lowest BCUT2D eigenvalue weighted by atomic mass is 10.1. The predicted octanol–water partition coefficient (Wildman–Crippen LogP) is 0.181. The lowest BCUT2D eigenvalue weighted by Crippen LogP contribution is -2.30. The zero-order valence-electron chi connectivity index (χ0n) is 6.79. The van der Waals surface area contributed by atoms with Crippen LogP contribution >= 0.6 is 0 Å². The molecule has 64 valence electrons. The SMILES string of the molecule is Cc1ccc(C(=O)NN)cc1N. The zero-order valence-corrected chi connectivity index (χ0v) is 6.79. The van der Waals surface area contributed by atoms with Crippen molar-refractivity contribution in [2.45, 2.75) is 6.92 Å². The van der Waals surface area contributed by atoms with Gasteiger partial charge in [0.25, 0.3) is 5.91 Å². The van der Waals surface area contributed by atoms with Crippen LogP contribution in [0.15, 0.2) is 18.2 Å². The van der Waals surface area contributed by atoms with Crippen LogP contribution in [0.25, 0.3) is 0 Å². The highest BCUT2D eigenvalue weighted by atomic mass is 16.2. The first-order chi connectivity index (χ1) is 5.65. The minimum atomic E-state index is -0.332. The van der Waals surface area contributed by atoms with Gasteiger partial charge in [-0.05, 0) is 24.6 Å². The Morgan fingerprint density at radius 2 is 2.17 bits per heavy atom. The van der Waals surface area contributed by atoms with Gasteiger partial charge in [0.2, 0.25) is 0 Å². The second-order valence-corrected chi connectivity index (χ2v) is 2.54. The molecule has 4 nitrogen and oxygen atoms in total. The first-order valence-electron chi connectivity index (χ1n) is 3.52. The number of benzene rings is 1. The van der Waals surface area contributed by atoms with Crippen molar-refractivity contribution in [3.63, 3.8) is 0 Å². The number of nitrogens with two attached hydrogens (primary N) is 2. The molecular formula is C8H11N3O. The van der Waals surface area contributed by atoms with E-state index in [0.717, 1.165) is 5.56 Å². The molecule has 0 atom stereocenters. The summed E-state index contributed by atoms with van der Waals surface area (Å²) in [6.07, 6.45) is 0. The maximum Gasteiger partial charge on any atom is 0.265 e. The van der Waals surface area contributed by atoms with Crippen LogP contribution in [0.5, 0.6) is 0 Å². The van der Waals surface area contributed by atoms with Gasteiger partial charge in [-0.1, -0.05) is 6.07 Å². The Morgan fingerprint density at radius 1 is 1.50 bits per heavy atom. The number of hydrogen-bond donors (Lipinski definition) is 3. The summed E-state index contributed by atoms with van der Waals surface area (Å²) in [5, 5.41) is 0. The minimum Gasteiger partial charge on any atom is -0.398 e. The molecule has 1 amide bonds. The second kappa shape index (κ2) is 3.23. The Kier molecular flexibility index (Phi) is 2.30. The van der Waals surface area contributed by atoms with Crippen LogP contribution in [0.2, 0.25) is 0 Å². The lowest BCUT2D eigenvalue weighted by molar-refractivity contribution is 0.0953. The van der Waals surface area contributed by atoms with E-state index in [9.17, 15) is 4.79 Å². The molecule has 0 fully saturated rings. The van der Waals surface area contributed by atoms with Gasteiger partial charge in [0.1, 0.15) is 0 Å². The minimum absolute atomic E-state index is 0.332. The van der Waals surface area contributed by atoms with Crippen molar-refractivity contribution in [2.24, 2.45) is 5.84 Å². The van der Waals surface area contributed by atoms with Gasteiger partial charge in [-0.25, -0.2) is 5.84 Å². The van der Waals surface area contributed by atoms with Crippen molar-refractivity contribution < 1.29 is 4.79 Å². The molecule has 12 heavy (non-hydrogen) atoms. The van der Waals surface area contributed by atoms with E-state index in [0.29, 0.717) is 11.3 Å². The monoisotopic (exact) mass is 165 g/mol. The molecule has 0 unspecified atom stereocenters. The topological polar surface area (TPSA) is 81.1 Å². The number of aryl methyl sites for hydroxylation is 1. The van der Waals surface area contributed by atoms with Crippen molar-refractivity contribution in [1.82, 2.24) is 5.43 Å². The molecule has 1 aromatic carbocycles. The Labute approximate surface area is 70.5 Å². The lowest BCUT2D eigenvalue weighted by Gasteiger charge is -2.02. The fourth-order valence-corrected chi connectivity index (χ4v) is 0.865. The molecular weight excluding hydrogens is 154 g/mol. The van der Waals surface area contributed by atoms with Crippen LogP contribution in [-0.4, -0.2) is 5.91 Å². The average Bonchev–Trinajstić information content (AvgIpc) is 2.08.